The van der Waals surface area contributed by atoms with Crippen molar-refractivity contribution in [3.8, 4) is 0 Å². The molecule has 1 saturated heterocycles. The van der Waals surface area contributed by atoms with Crippen LogP contribution in [0.15, 0.2) is 28.8 Å². The second kappa shape index (κ2) is 6.32. The summed E-state index contributed by atoms with van der Waals surface area (Å²) in [6.45, 7) is 5.42. The summed E-state index contributed by atoms with van der Waals surface area (Å²) in [7, 11) is 0. The van der Waals surface area contributed by atoms with Crippen molar-refractivity contribution in [2.75, 3.05) is 24.1 Å². The third-order valence-corrected chi connectivity index (χ3v) is 4.38. The first-order chi connectivity index (χ1) is 11.0. The Balaban J connectivity index is 1.59. The molecule has 0 unspecified atom stereocenters. The van der Waals surface area contributed by atoms with Gasteiger partial charge in [-0.05, 0) is 43.9 Å². The van der Waals surface area contributed by atoms with Crippen LogP contribution in [0.2, 0.25) is 0 Å². The minimum Gasteiger partial charge on any atom is -0.368 e. The standard InChI is InChI=1S/C17H22N4O2/c1-11-3-4-12(2)14(9-11)19-17(22)21-7-5-13(6-8-21)15-10-16(18)23-20-15/h3-4,9-10,13H,5-8,18H2,1-2H3,(H,19,22). The lowest BCUT2D eigenvalue weighted by molar-refractivity contribution is 0.193. The van der Waals surface area contributed by atoms with Crippen molar-refractivity contribution in [3.63, 3.8) is 0 Å². The van der Waals surface area contributed by atoms with Crippen LogP contribution in [0.3, 0.4) is 0 Å². The van der Waals surface area contributed by atoms with Gasteiger partial charge in [0.1, 0.15) is 0 Å². The van der Waals surface area contributed by atoms with E-state index in [-0.39, 0.29) is 6.03 Å². The number of amides is 2. The number of hydrogen-bond acceptors (Lipinski definition) is 4. The second-order valence-corrected chi connectivity index (χ2v) is 6.16. The van der Waals surface area contributed by atoms with Crippen LogP contribution in [0.4, 0.5) is 16.4 Å². The molecule has 3 N–H and O–H groups in total. The molecule has 23 heavy (non-hydrogen) atoms. The number of carbonyl (C=O) groups excluding carboxylic acids is 1. The number of anilines is 2. The fourth-order valence-corrected chi connectivity index (χ4v) is 2.94. The van der Waals surface area contributed by atoms with Gasteiger partial charge in [0.15, 0.2) is 0 Å². The van der Waals surface area contributed by atoms with Crippen LogP contribution >= 0.6 is 0 Å². The first kappa shape index (κ1) is 15.4. The van der Waals surface area contributed by atoms with Gasteiger partial charge in [-0.25, -0.2) is 4.79 Å². The SMILES string of the molecule is Cc1ccc(C)c(NC(=O)N2CCC(c3cc(N)on3)CC2)c1. The molecule has 0 aliphatic carbocycles. The fourth-order valence-electron chi connectivity index (χ4n) is 2.94. The van der Waals surface area contributed by atoms with Gasteiger partial charge in [-0.2, -0.15) is 0 Å². The van der Waals surface area contributed by atoms with Gasteiger partial charge in [0.05, 0.1) is 5.69 Å². The summed E-state index contributed by atoms with van der Waals surface area (Å²) < 4.78 is 4.93. The van der Waals surface area contributed by atoms with E-state index in [0.29, 0.717) is 24.9 Å². The maximum absolute atomic E-state index is 12.4. The van der Waals surface area contributed by atoms with Crippen LogP contribution in [0.25, 0.3) is 0 Å². The first-order valence-electron chi connectivity index (χ1n) is 7.88. The number of benzene rings is 1. The Bertz CT molecular complexity index is 702. The zero-order chi connectivity index (χ0) is 16.4. The zero-order valence-electron chi connectivity index (χ0n) is 13.5. The summed E-state index contributed by atoms with van der Waals surface area (Å²) in [4.78, 5) is 14.3. The number of aromatic nitrogens is 1. The molecule has 1 aliphatic heterocycles. The number of hydrogen-bond donors (Lipinski definition) is 2. The predicted molar refractivity (Wildman–Crippen MR) is 89.4 cm³/mol. The molecule has 6 heteroatoms. The third-order valence-electron chi connectivity index (χ3n) is 4.38. The number of nitrogens with zero attached hydrogens (tertiary/aromatic N) is 2. The van der Waals surface area contributed by atoms with Crippen LogP contribution in [0, 0.1) is 13.8 Å². The molecular weight excluding hydrogens is 292 g/mol. The number of rotatable bonds is 2. The highest BCUT2D eigenvalue weighted by Crippen LogP contribution is 2.28. The van der Waals surface area contributed by atoms with E-state index in [1.165, 1.54) is 0 Å². The number of nitrogens with one attached hydrogen (secondary N) is 1. The highest BCUT2D eigenvalue weighted by molar-refractivity contribution is 5.90. The number of nitrogen functional groups attached to an aromatic ring is 1. The number of nitrogens with two attached hydrogens (primary N) is 1. The van der Waals surface area contributed by atoms with Crippen molar-refractivity contribution < 1.29 is 9.32 Å². The first-order valence-corrected chi connectivity index (χ1v) is 7.88. The zero-order valence-corrected chi connectivity index (χ0v) is 13.5. The van der Waals surface area contributed by atoms with Crippen molar-refractivity contribution in [1.82, 2.24) is 10.1 Å². The van der Waals surface area contributed by atoms with E-state index in [0.717, 1.165) is 35.3 Å². The average molecular weight is 314 g/mol. The lowest BCUT2D eigenvalue weighted by Crippen LogP contribution is -2.40. The van der Waals surface area contributed by atoms with Crippen molar-refractivity contribution in [2.24, 2.45) is 0 Å². The summed E-state index contributed by atoms with van der Waals surface area (Å²) >= 11 is 0. The summed E-state index contributed by atoms with van der Waals surface area (Å²) in [5, 5.41) is 6.99. The maximum Gasteiger partial charge on any atom is 0.321 e. The van der Waals surface area contributed by atoms with E-state index in [9.17, 15) is 4.79 Å². The highest BCUT2D eigenvalue weighted by atomic mass is 16.5. The third kappa shape index (κ3) is 3.47. The summed E-state index contributed by atoms with van der Waals surface area (Å²) in [5.41, 5.74) is 9.53. The molecule has 6 nitrogen and oxygen atoms in total. The predicted octanol–water partition coefficient (Wildman–Crippen LogP) is 3.29. The van der Waals surface area contributed by atoms with Gasteiger partial charge in [-0.3, -0.25) is 0 Å². The Morgan fingerprint density at radius 1 is 1.30 bits per heavy atom. The Hall–Kier alpha value is -2.50. The molecule has 1 aliphatic rings. The van der Waals surface area contributed by atoms with Gasteiger partial charge in [0.2, 0.25) is 5.88 Å². The molecule has 1 fully saturated rings. The Morgan fingerprint density at radius 3 is 2.70 bits per heavy atom. The summed E-state index contributed by atoms with van der Waals surface area (Å²) in [6.07, 6.45) is 1.73. The maximum atomic E-state index is 12.4. The van der Waals surface area contributed by atoms with Crippen LogP contribution in [-0.4, -0.2) is 29.2 Å². The molecule has 1 aromatic heterocycles. The number of likely N-dealkylation sites (tertiary alicyclic amines) is 1. The topological polar surface area (TPSA) is 84.4 Å². The molecule has 2 amide bonds. The fraction of sp³-hybridized carbons (Fsp3) is 0.412. The van der Waals surface area contributed by atoms with Gasteiger partial charge >= 0.3 is 6.03 Å². The van der Waals surface area contributed by atoms with Gasteiger partial charge in [0.25, 0.3) is 0 Å². The normalized spacial score (nSPS) is 15.7. The molecule has 0 saturated carbocycles. The molecule has 2 heterocycles. The molecule has 2 aromatic rings. The minimum atomic E-state index is -0.0446. The quantitative estimate of drug-likeness (QED) is 0.891. The molecule has 3 rings (SSSR count). The lowest BCUT2D eigenvalue weighted by Gasteiger charge is -2.31. The van der Waals surface area contributed by atoms with Crippen LogP contribution < -0.4 is 11.1 Å². The summed E-state index contributed by atoms with van der Waals surface area (Å²) in [6, 6.07) is 7.79. The van der Waals surface area contributed by atoms with Crippen LogP contribution in [-0.2, 0) is 0 Å². The second-order valence-electron chi connectivity index (χ2n) is 6.16. The highest BCUT2D eigenvalue weighted by Gasteiger charge is 2.26. The molecule has 0 radical (unpaired) electrons. The minimum absolute atomic E-state index is 0.0446. The van der Waals surface area contributed by atoms with Crippen molar-refractivity contribution in [3.05, 3.63) is 41.1 Å². The molecule has 0 bridgehead atoms. The monoisotopic (exact) mass is 314 g/mol. The number of aryl methyl sites for hydroxylation is 2. The van der Waals surface area contributed by atoms with Gasteiger partial charge < -0.3 is 20.5 Å². The van der Waals surface area contributed by atoms with E-state index in [2.05, 4.69) is 10.5 Å². The molecule has 1 aromatic carbocycles. The van der Waals surface area contributed by atoms with Crippen molar-refractivity contribution in [1.29, 1.82) is 0 Å². The van der Waals surface area contributed by atoms with E-state index in [1.54, 1.807) is 6.07 Å². The van der Waals surface area contributed by atoms with E-state index >= 15 is 0 Å². The number of carbonyl (C=O) groups is 1. The molecule has 0 atom stereocenters. The molecule has 122 valence electrons. The van der Waals surface area contributed by atoms with Crippen molar-refractivity contribution in [2.45, 2.75) is 32.6 Å². The van der Waals surface area contributed by atoms with E-state index in [1.807, 2.05) is 36.9 Å². The summed E-state index contributed by atoms with van der Waals surface area (Å²) in [5.74, 6) is 0.649. The number of piperidine rings is 1. The molecule has 0 spiro atoms. The van der Waals surface area contributed by atoms with Crippen LogP contribution in [0.5, 0.6) is 0 Å². The lowest BCUT2D eigenvalue weighted by atomic mass is 9.94. The van der Waals surface area contributed by atoms with Crippen LogP contribution in [0.1, 0.15) is 35.6 Å². The largest absolute Gasteiger partial charge is 0.368 e. The van der Waals surface area contributed by atoms with E-state index < -0.39 is 0 Å². The average Bonchev–Trinajstić information content (AvgIpc) is 2.97. The van der Waals surface area contributed by atoms with E-state index in [4.69, 9.17) is 10.3 Å². The number of urea groups is 1. The Labute approximate surface area is 135 Å². The van der Waals surface area contributed by atoms with Gasteiger partial charge in [0, 0.05) is 30.8 Å². The molecular formula is C17H22N4O2. The Morgan fingerprint density at radius 2 is 2.04 bits per heavy atom. The van der Waals surface area contributed by atoms with Crippen molar-refractivity contribution >= 4 is 17.6 Å². The Kier molecular flexibility index (Phi) is 4.23. The van der Waals surface area contributed by atoms with Gasteiger partial charge in [-0.1, -0.05) is 17.3 Å². The smallest absolute Gasteiger partial charge is 0.321 e. The van der Waals surface area contributed by atoms with Gasteiger partial charge in [-0.15, -0.1) is 0 Å².